The minimum atomic E-state index is -4.33. The molecule has 0 fully saturated rings. The van der Waals surface area contributed by atoms with E-state index >= 15 is 0 Å². The Morgan fingerprint density at radius 1 is 1.12 bits per heavy atom. The van der Waals surface area contributed by atoms with Gasteiger partial charge >= 0.3 is 6.18 Å². The molecule has 1 atom stereocenters. The standard InChI is InChI=1S/C20H20F3NO.2H2/c1-14(12-13-24)16-5-7-17(8-6-16)19(25)11-4-15-2-9-18(10-3-15)20(21,22)23;;/h2-3,5-10,12-13,19,24-25H,4,11H2,1H3;2*1H/b14-12+,24-13?;;. The van der Waals surface area contributed by atoms with E-state index < -0.39 is 17.8 Å². The molecule has 2 rings (SSSR count). The fourth-order valence-corrected chi connectivity index (χ4v) is 2.52. The molecule has 0 aliphatic rings. The lowest BCUT2D eigenvalue weighted by Gasteiger charge is -2.13. The molecule has 5 heteroatoms. The van der Waals surface area contributed by atoms with E-state index in [0.717, 1.165) is 34.4 Å². The fraction of sp³-hybridized carbons (Fsp3) is 0.250. The summed E-state index contributed by atoms with van der Waals surface area (Å²) in [4.78, 5) is 0. The van der Waals surface area contributed by atoms with Gasteiger partial charge in [0.25, 0.3) is 0 Å². The molecule has 0 bridgehead atoms. The lowest BCUT2D eigenvalue weighted by Crippen LogP contribution is -2.05. The first kappa shape index (κ1) is 18.9. The van der Waals surface area contributed by atoms with Crippen LogP contribution in [0.3, 0.4) is 0 Å². The Labute approximate surface area is 148 Å². The van der Waals surface area contributed by atoms with E-state index in [0.29, 0.717) is 12.8 Å². The Kier molecular flexibility index (Phi) is 6.15. The van der Waals surface area contributed by atoms with E-state index in [-0.39, 0.29) is 2.85 Å². The van der Waals surface area contributed by atoms with Crippen molar-refractivity contribution in [3.63, 3.8) is 0 Å². The monoisotopic (exact) mass is 351 g/mol. The number of hydrogen-bond donors (Lipinski definition) is 2. The molecular formula is C20H24F3NO. The zero-order chi connectivity index (χ0) is 18.4. The van der Waals surface area contributed by atoms with Crippen molar-refractivity contribution >= 4 is 11.8 Å². The van der Waals surface area contributed by atoms with Gasteiger partial charge in [0.2, 0.25) is 0 Å². The molecule has 2 N–H and O–H groups in total. The molecule has 0 saturated carbocycles. The fourth-order valence-electron chi connectivity index (χ4n) is 2.52. The van der Waals surface area contributed by atoms with Crippen LogP contribution in [-0.4, -0.2) is 11.3 Å². The second-order valence-corrected chi connectivity index (χ2v) is 5.89. The van der Waals surface area contributed by atoms with E-state index in [1.54, 1.807) is 6.08 Å². The first-order valence-electron chi connectivity index (χ1n) is 7.93. The molecule has 25 heavy (non-hydrogen) atoms. The molecule has 0 aliphatic carbocycles. The van der Waals surface area contributed by atoms with Crippen LogP contribution in [0.2, 0.25) is 0 Å². The van der Waals surface area contributed by atoms with Crippen LogP contribution in [0, 0.1) is 5.41 Å². The van der Waals surface area contributed by atoms with Gasteiger partial charge in [-0.15, -0.1) is 0 Å². The van der Waals surface area contributed by atoms with E-state index in [1.807, 2.05) is 31.2 Å². The van der Waals surface area contributed by atoms with Crippen molar-refractivity contribution in [1.82, 2.24) is 0 Å². The maximum absolute atomic E-state index is 12.5. The smallest absolute Gasteiger partial charge is 0.388 e. The van der Waals surface area contributed by atoms with E-state index in [4.69, 9.17) is 5.41 Å². The van der Waals surface area contributed by atoms with Crippen LogP contribution >= 0.6 is 0 Å². The van der Waals surface area contributed by atoms with Gasteiger partial charge in [0.1, 0.15) is 0 Å². The molecule has 0 radical (unpaired) electrons. The number of aliphatic hydroxyl groups excluding tert-OH is 1. The summed E-state index contributed by atoms with van der Waals surface area (Å²) in [6.07, 6.45) is -1.17. The molecular weight excluding hydrogens is 327 g/mol. The van der Waals surface area contributed by atoms with E-state index in [9.17, 15) is 18.3 Å². The highest BCUT2D eigenvalue weighted by molar-refractivity contribution is 5.82. The molecule has 0 heterocycles. The predicted octanol–water partition coefficient (Wildman–Crippen LogP) is 5.92. The first-order valence-corrected chi connectivity index (χ1v) is 7.93. The van der Waals surface area contributed by atoms with Crippen LogP contribution in [-0.2, 0) is 12.6 Å². The maximum atomic E-state index is 12.5. The number of nitrogens with one attached hydrogen (secondary N) is 1. The Morgan fingerprint density at radius 2 is 1.72 bits per heavy atom. The van der Waals surface area contributed by atoms with Gasteiger partial charge in [-0.2, -0.15) is 13.2 Å². The Hall–Kier alpha value is -2.40. The molecule has 0 spiro atoms. The summed E-state index contributed by atoms with van der Waals surface area (Å²) in [5, 5.41) is 17.3. The zero-order valence-corrected chi connectivity index (χ0v) is 13.8. The van der Waals surface area contributed by atoms with Crippen LogP contribution in [0.1, 0.15) is 44.6 Å². The molecule has 0 amide bonds. The number of aryl methyl sites for hydroxylation is 1. The minimum absolute atomic E-state index is 0. The van der Waals surface area contributed by atoms with Gasteiger partial charge in [0.15, 0.2) is 0 Å². The Bertz CT molecular complexity index is 741. The van der Waals surface area contributed by atoms with Gasteiger partial charge in [-0.3, -0.25) is 0 Å². The number of halogens is 3. The highest BCUT2D eigenvalue weighted by Crippen LogP contribution is 2.29. The SMILES string of the molecule is C/C(=C\C=N)c1ccc(C(O)CCc2ccc(C(F)(F)F)cc2)cc1.[HH].[HH]. The van der Waals surface area contributed by atoms with Gasteiger partial charge in [-0.1, -0.05) is 36.4 Å². The summed E-state index contributed by atoms with van der Waals surface area (Å²) in [7, 11) is 0. The summed E-state index contributed by atoms with van der Waals surface area (Å²) < 4.78 is 37.6. The second-order valence-electron chi connectivity index (χ2n) is 5.89. The summed E-state index contributed by atoms with van der Waals surface area (Å²) >= 11 is 0. The van der Waals surface area contributed by atoms with Crippen molar-refractivity contribution in [3.8, 4) is 0 Å². The normalized spacial score (nSPS) is 13.6. The van der Waals surface area contributed by atoms with Crippen LogP contribution in [0.15, 0.2) is 54.6 Å². The third-order valence-electron chi connectivity index (χ3n) is 4.07. The Balaban J connectivity index is 0.00000338. The average molecular weight is 351 g/mol. The van der Waals surface area contributed by atoms with Crippen LogP contribution in [0.5, 0.6) is 0 Å². The molecule has 2 aromatic carbocycles. The molecule has 136 valence electrons. The number of alkyl halides is 3. The van der Waals surface area contributed by atoms with Gasteiger partial charge in [-0.05, 0) is 60.2 Å². The van der Waals surface area contributed by atoms with E-state index in [2.05, 4.69) is 0 Å². The maximum Gasteiger partial charge on any atom is 0.416 e. The Morgan fingerprint density at radius 3 is 2.24 bits per heavy atom. The number of benzene rings is 2. The first-order chi connectivity index (χ1) is 11.8. The van der Waals surface area contributed by atoms with Crippen molar-refractivity contribution < 1.29 is 21.1 Å². The van der Waals surface area contributed by atoms with Crippen molar-refractivity contribution in [2.45, 2.75) is 32.0 Å². The van der Waals surface area contributed by atoms with Gasteiger partial charge in [0, 0.05) is 9.07 Å². The summed E-state index contributed by atoms with van der Waals surface area (Å²) in [6, 6.07) is 12.4. The number of aliphatic hydroxyl groups is 1. The van der Waals surface area contributed by atoms with Crippen LogP contribution in [0.4, 0.5) is 13.2 Å². The third-order valence-corrected chi connectivity index (χ3v) is 4.07. The molecule has 0 aromatic heterocycles. The van der Waals surface area contributed by atoms with E-state index in [1.165, 1.54) is 18.3 Å². The van der Waals surface area contributed by atoms with Crippen molar-refractivity contribution in [2.24, 2.45) is 0 Å². The molecule has 1 unspecified atom stereocenters. The molecule has 0 saturated heterocycles. The number of rotatable bonds is 6. The van der Waals surface area contributed by atoms with Crippen molar-refractivity contribution in [3.05, 3.63) is 76.9 Å². The zero-order valence-electron chi connectivity index (χ0n) is 13.8. The topological polar surface area (TPSA) is 44.1 Å². The summed E-state index contributed by atoms with van der Waals surface area (Å²) in [6.45, 7) is 1.90. The molecule has 2 nitrogen and oxygen atoms in total. The highest BCUT2D eigenvalue weighted by atomic mass is 19.4. The predicted molar refractivity (Wildman–Crippen MR) is 97.8 cm³/mol. The summed E-state index contributed by atoms with van der Waals surface area (Å²) in [5.41, 5.74) is 2.79. The molecule has 2 aromatic rings. The van der Waals surface area contributed by atoms with Crippen LogP contribution < -0.4 is 0 Å². The van der Waals surface area contributed by atoms with Crippen LogP contribution in [0.25, 0.3) is 5.57 Å². The van der Waals surface area contributed by atoms with Gasteiger partial charge in [-0.25, -0.2) is 0 Å². The lowest BCUT2D eigenvalue weighted by atomic mass is 9.98. The highest BCUT2D eigenvalue weighted by Gasteiger charge is 2.29. The lowest BCUT2D eigenvalue weighted by molar-refractivity contribution is -0.137. The number of allylic oxidation sites excluding steroid dienone is 2. The average Bonchev–Trinajstić information content (AvgIpc) is 2.59. The summed E-state index contributed by atoms with van der Waals surface area (Å²) in [5.74, 6) is 0. The second kappa shape index (κ2) is 8.12. The largest absolute Gasteiger partial charge is 0.416 e. The number of hydrogen-bond acceptors (Lipinski definition) is 2. The van der Waals surface area contributed by atoms with Gasteiger partial charge < -0.3 is 10.5 Å². The third kappa shape index (κ3) is 5.29. The molecule has 0 aliphatic heterocycles. The van der Waals surface area contributed by atoms with Crippen molar-refractivity contribution in [2.75, 3.05) is 0 Å². The van der Waals surface area contributed by atoms with Gasteiger partial charge in [0.05, 0.1) is 11.7 Å². The van der Waals surface area contributed by atoms with Crippen molar-refractivity contribution in [1.29, 1.82) is 5.41 Å². The quantitative estimate of drug-likeness (QED) is 0.624. The minimum Gasteiger partial charge on any atom is -0.388 e.